The number of nitrogens with zero attached hydrogens (tertiary/aromatic N) is 16. The number of nitrogens with one attached hydrogen (secondary N) is 6. The molecular formula is C107H102F4N22O12S3. The van der Waals surface area contributed by atoms with Crippen molar-refractivity contribution in [2.75, 3.05) is 133 Å². The minimum atomic E-state index is -3.91. The van der Waals surface area contributed by atoms with Gasteiger partial charge in [-0.25, -0.2) is 72.7 Å². The van der Waals surface area contributed by atoms with Gasteiger partial charge in [-0.2, -0.15) is 15.3 Å². The lowest BCUT2D eigenvalue weighted by molar-refractivity contribution is -0.133. The van der Waals surface area contributed by atoms with E-state index < -0.39 is 67.3 Å². The van der Waals surface area contributed by atoms with Gasteiger partial charge in [-0.3, -0.25) is 63.7 Å². The summed E-state index contributed by atoms with van der Waals surface area (Å²) in [5.41, 5.74) is 13.7. The second-order valence-electron chi connectivity index (χ2n) is 37.8. The van der Waals surface area contributed by atoms with Crippen LogP contribution in [0.4, 0.5) is 34.6 Å². The summed E-state index contributed by atoms with van der Waals surface area (Å²) in [6.07, 6.45) is 21.6. The van der Waals surface area contributed by atoms with E-state index in [-0.39, 0.29) is 113 Å². The Balaban J connectivity index is 0.000000140. The number of anilines is 3. The van der Waals surface area contributed by atoms with Crippen LogP contribution in [-0.2, 0) is 58.3 Å². The van der Waals surface area contributed by atoms with E-state index >= 15 is 4.39 Å². The van der Waals surface area contributed by atoms with Gasteiger partial charge in [-0.1, -0.05) is 48.6 Å². The molecule has 4 fully saturated rings. The molecule has 41 heteroatoms. The lowest BCUT2D eigenvalue weighted by Gasteiger charge is -2.33. The normalized spacial score (nSPS) is 18.5. The summed E-state index contributed by atoms with van der Waals surface area (Å²) in [7, 11) is -11.7. The number of piperidine rings is 1. The van der Waals surface area contributed by atoms with Crippen LogP contribution in [0.2, 0.25) is 0 Å². The van der Waals surface area contributed by atoms with E-state index in [4.69, 9.17) is 0 Å². The van der Waals surface area contributed by atoms with E-state index in [9.17, 15) is 67.2 Å². The predicted octanol–water partition coefficient (Wildman–Crippen LogP) is 13.3. The monoisotopic (exact) mass is 2060 g/mol. The van der Waals surface area contributed by atoms with E-state index in [2.05, 4.69) is 93.6 Å². The number of aromatic nitrogens is 13. The highest BCUT2D eigenvalue weighted by Gasteiger charge is 2.56. The number of sulfone groups is 3. The molecule has 148 heavy (non-hydrogen) atoms. The van der Waals surface area contributed by atoms with Crippen LogP contribution < -0.4 is 16.0 Å². The Morgan fingerprint density at radius 3 is 1.07 bits per heavy atom. The Labute approximate surface area is 848 Å². The van der Waals surface area contributed by atoms with E-state index in [0.717, 1.165) is 59.6 Å². The first-order chi connectivity index (χ1) is 71.2. The molecule has 3 atom stereocenters. The Morgan fingerprint density at radius 2 is 0.716 bits per heavy atom. The number of benzene rings is 8. The summed E-state index contributed by atoms with van der Waals surface area (Å²) >= 11 is 0. The molecule has 0 saturated carbocycles. The Hall–Kier alpha value is -15.7. The molecule has 4 saturated heterocycles. The van der Waals surface area contributed by atoms with E-state index in [1.54, 1.807) is 189 Å². The number of H-pyrrole nitrogens is 3. The molecule has 6 N–H and O–H groups in total. The van der Waals surface area contributed by atoms with Crippen LogP contribution in [0.25, 0.3) is 112 Å². The molecule has 34 nitrogen and oxygen atoms in total. The molecular weight excluding hydrogens is 1960 g/mol. The van der Waals surface area contributed by atoms with Gasteiger partial charge in [0.2, 0.25) is 35.4 Å². The van der Waals surface area contributed by atoms with Crippen LogP contribution in [0.5, 0.6) is 0 Å². The molecule has 15 aromatic rings. The van der Waals surface area contributed by atoms with Crippen molar-refractivity contribution in [1.82, 2.24) is 94.9 Å². The van der Waals surface area contributed by atoms with Gasteiger partial charge in [0.05, 0.1) is 59.0 Å². The van der Waals surface area contributed by atoms with Gasteiger partial charge in [-0.05, 0) is 231 Å². The molecule has 21 rings (SSSR count). The molecule has 13 heterocycles. The van der Waals surface area contributed by atoms with Crippen LogP contribution in [0.1, 0.15) is 67.7 Å². The molecule has 0 bridgehead atoms. The number of hydrogen-bond acceptors (Lipinski definition) is 25. The highest BCUT2D eigenvalue weighted by molar-refractivity contribution is 7.93. The molecule has 6 aliphatic heterocycles. The van der Waals surface area contributed by atoms with Crippen molar-refractivity contribution in [2.45, 2.75) is 65.1 Å². The molecule has 6 aliphatic rings. The second-order valence-corrected chi connectivity index (χ2v) is 44.8. The zero-order chi connectivity index (χ0) is 103. The van der Waals surface area contributed by atoms with Crippen LogP contribution in [0.15, 0.2) is 256 Å². The maximum atomic E-state index is 15.1. The van der Waals surface area contributed by atoms with E-state index in [1.807, 2.05) is 41.3 Å². The quantitative estimate of drug-likeness (QED) is 0.0306. The highest BCUT2D eigenvalue weighted by Crippen LogP contribution is 2.41. The fourth-order valence-electron chi connectivity index (χ4n) is 19.9. The van der Waals surface area contributed by atoms with Gasteiger partial charge in [0, 0.05) is 213 Å². The second kappa shape index (κ2) is 42.4. The van der Waals surface area contributed by atoms with Gasteiger partial charge >= 0.3 is 0 Å². The smallest absolute Gasteiger partial charge is 0.247 e. The fraction of sp³-hybridized carbons (Fsp3) is 0.271. The lowest BCUT2D eigenvalue weighted by Crippen LogP contribution is -2.52. The summed E-state index contributed by atoms with van der Waals surface area (Å²) in [6.45, 7) is 3.24. The molecule has 0 aliphatic carbocycles. The maximum absolute atomic E-state index is 15.1. The van der Waals surface area contributed by atoms with Gasteiger partial charge in [0.15, 0.2) is 61.2 Å². The first-order valence-corrected chi connectivity index (χ1v) is 53.7. The van der Waals surface area contributed by atoms with Crippen molar-refractivity contribution in [3.05, 3.63) is 296 Å². The average molecular weight is 2060 g/mol. The molecule has 6 amide bonds. The summed E-state index contributed by atoms with van der Waals surface area (Å²) in [5.74, 6) is -1.85. The number of fused-ring (bicyclic) bond motifs is 3. The summed E-state index contributed by atoms with van der Waals surface area (Å²) in [4.78, 5) is 122. The molecule has 8 aromatic carbocycles. The van der Waals surface area contributed by atoms with Crippen LogP contribution in [0.3, 0.4) is 0 Å². The van der Waals surface area contributed by atoms with Gasteiger partial charge in [0.25, 0.3) is 0 Å². The zero-order valence-electron chi connectivity index (χ0n) is 80.7. The topological polar surface area (TPSA) is 437 Å². The Kier molecular flexibility index (Phi) is 28.9. The van der Waals surface area contributed by atoms with Crippen molar-refractivity contribution in [2.24, 2.45) is 0 Å². The average Bonchev–Trinajstić information content (AvgIpc) is 1.61. The summed E-state index contributed by atoms with van der Waals surface area (Å²) in [5, 5.41) is 32.3. The number of halogens is 4. The molecule has 758 valence electrons. The van der Waals surface area contributed by atoms with E-state index in [1.165, 1.54) is 48.0 Å². The van der Waals surface area contributed by atoms with Crippen molar-refractivity contribution in [3.8, 4) is 67.9 Å². The Morgan fingerprint density at radius 1 is 0.372 bits per heavy atom. The standard InChI is InChI=1S/C36H33F2N7O4S.C36H36FN7O4S.C35H33FN8O4S/c1-50(48,49)36(35(47)41-27-8-10-31-29(20-27)33(43-42-31)24-3-6-26(37)7-4-24)13-18-44(22-36)21-32(46)45-16-11-23(12-17-45)28-9-5-25(19-30(28)38)34-39-14-2-15-40-34;1-49(47,48)36(35(46)40-29-11-12-31-30(21-29)33(42-41-31)26-7-9-28(37)10-8-26)15-20-43(23-36)22-32(45)44-18-13-25(14-19-44)24-3-5-27(6-4-24)34-38-16-2-17-39-34;1-49(47,48)35(34(46)40-27-8-10-30-28(19-27)32(42-41-30)24-3-6-26(36)7-4-24)13-18-43(22-35)21-31(45)44-16-11-23(12-17-44)29-9-5-25(20-39-29)33-37-14-2-15-38-33/h2-11,14-15,19-20H,12-13,16-18,21-22H2,1H3,(H,41,47)(H,42,43);2-12,16-17,21,25H,13-15,18-20,22-23H2,1H3,(H,40,46)(H,41,42);2-11,14-15,19-20H,12-13,16-18,21-22H2,1H3,(H,40,46)(H,41,42)/t2*36-;35-/m000/s1. The predicted molar refractivity (Wildman–Crippen MR) is 553 cm³/mol. The number of pyridine rings is 1. The number of carbonyl (C=O) groups is 6. The third-order valence-electron chi connectivity index (χ3n) is 28.4. The van der Waals surface area contributed by atoms with Crippen molar-refractivity contribution in [3.63, 3.8) is 0 Å². The van der Waals surface area contributed by atoms with E-state index in [0.29, 0.717) is 170 Å². The van der Waals surface area contributed by atoms with Crippen LogP contribution in [-0.4, -0.2) is 287 Å². The Bertz CT molecular complexity index is 8000. The fourth-order valence-corrected chi connectivity index (χ4v) is 23.7. The first kappa shape index (κ1) is 101. The molecule has 0 spiro atoms. The van der Waals surface area contributed by atoms with Gasteiger partial charge in [-0.15, -0.1) is 0 Å². The third kappa shape index (κ3) is 21.6. The molecule has 0 unspecified atom stereocenters. The minimum absolute atomic E-state index is 0.000243. The number of rotatable bonds is 24. The SMILES string of the molecule is CS(=O)(=O)[C@@]1(C(=O)Nc2ccc3[nH]nc(-c4ccc(F)cc4)c3c2)CCN(CC(=O)N2CC=C(c3ccc(-c4ncccn4)cc3F)CC2)C1.CS(=O)(=O)[C@@]1(C(=O)Nc2ccc3[nH]nc(-c4ccc(F)cc4)c3c2)CCN(CC(=O)N2CC=C(c3ccc(-c4ncccn4)cn3)CC2)C1.CS(=O)(=O)[C@@]1(C(=O)Nc2ccc3[nH]nc(-c4ccc(F)cc4)c3c2)CCN(CC(=O)N2CCC(c3ccc(-c4ncccn4)cc3)CC2)C1. The molecule has 0 radical (unpaired) electrons. The van der Waals surface area contributed by atoms with Crippen LogP contribution >= 0.6 is 0 Å². The van der Waals surface area contributed by atoms with Gasteiger partial charge in [0.1, 0.15) is 23.3 Å². The van der Waals surface area contributed by atoms with Crippen molar-refractivity contribution < 1.29 is 71.6 Å². The number of likely N-dealkylation sites (tertiary alicyclic amines) is 4. The third-order valence-corrected chi connectivity index (χ3v) is 34.2. The first-order valence-electron chi connectivity index (χ1n) is 48.0. The number of amides is 6. The van der Waals surface area contributed by atoms with Crippen LogP contribution in [0, 0.1) is 23.3 Å². The van der Waals surface area contributed by atoms with Crippen molar-refractivity contribution in [1.29, 1.82) is 0 Å². The maximum Gasteiger partial charge on any atom is 0.247 e. The molecule has 7 aromatic heterocycles. The zero-order valence-corrected chi connectivity index (χ0v) is 83.1. The van der Waals surface area contributed by atoms with Crippen molar-refractivity contribution >= 4 is 126 Å². The number of hydrogen-bond donors (Lipinski definition) is 6. The lowest BCUT2D eigenvalue weighted by atomic mass is 9.89. The number of aromatic amines is 3. The summed E-state index contributed by atoms with van der Waals surface area (Å²) < 4.78 is 129. The minimum Gasteiger partial charge on any atom is -0.342 e. The number of carbonyl (C=O) groups excluding carboxylic acids is 6. The highest BCUT2D eigenvalue weighted by atomic mass is 32.2. The largest absolute Gasteiger partial charge is 0.342 e. The summed E-state index contributed by atoms with van der Waals surface area (Å²) in [6, 6.07) is 55.2. The van der Waals surface area contributed by atoms with Gasteiger partial charge < -0.3 is 30.7 Å².